The molecule has 0 aliphatic carbocycles. The fourth-order valence-corrected chi connectivity index (χ4v) is 2.17. The van der Waals surface area contributed by atoms with Crippen LogP contribution in [-0.2, 0) is 4.74 Å². The number of ether oxygens (including phenoxy) is 2. The summed E-state index contributed by atoms with van der Waals surface area (Å²) in [7, 11) is 1.63. The molecular weight excluding hydrogens is 254 g/mol. The van der Waals surface area contributed by atoms with E-state index in [1.54, 1.807) is 12.0 Å². The predicted molar refractivity (Wildman–Crippen MR) is 80.0 cm³/mol. The predicted octanol–water partition coefficient (Wildman–Crippen LogP) is 4.01. The zero-order valence-electron chi connectivity index (χ0n) is 13.2. The van der Waals surface area contributed by atoms with Crippen LogP contribution in [-0.4, -0.2) is 30.2 Å². The monoisotopic (exact) mass is 279 g/mol. The van der Waals surface area contributed by atoms with Gasteiger partial charge in [0.25, 0.3) is 0 Å². The van der Waals surface area contributed by atoms with Crippen molar-refractivity contribution in [1.82, 2.24) is 4.90 Å². The quantitative estimate of drug-likeness (QED) is 0.817. The molecule has 0 N–H and O–H groups in total. The molecule has 0 heterocycles. The van der Waals surface area contributed by atoms with Crippen LogP contribution in [0.4, 0.5) is 4.79 Å². The number of hydrogen-bond donors (Lipinski definition) is 0. The van der Waals surface area contributed by atoms with Crippen molar-refractivity contribution in [2.24, 2.45) is 0 Å². The summed E-state index contributed by atoms with van der Waals surface area (Å²) in [6, 6.07) is 7.78. The Balaban J connectivity index is 2.73. The fourth-order valence-electron chi connectivity index (χ4n) is 2.17. The molecule has 1 atom stereocenters. The van der Waals surface area contributed by atoms with Crippen molar-refractivity contribution in [2.45, 2.75) is 52.8 Å². The second-order valence-electron chi connectivity index (χ2n) is 5.39. The second kappa shape index (κ2) is 7.17. The molecular formula is C16H25NO3. The summed E-state index contributed by atoms with van der Waals surface area (Å²) in [6.45, 7) is 9.82. The van der Waals surface area contributed by atoms with Crippen LogP contribution < -0.4 is 4.74 Å². The van der Waals surface area contributed by atoms with Gasteiger partial charge in [0.05, 0.1) is 7.11 Å². The lowest BCUT2D eigenvalue weighted by atomic mass is 10.1. The Morgan fingerprint density at radius 2 is 1.50 bits per heavy atom. The largest absolute Gasteiger partial charge is 0.497 e. The first-order valence-corrected chi connectivity index (χ1v) is 6.99. The first-order valence-electron chi connectivity index (χ1n) is 6.99. The minimum absolute atomic E-state index is 0.116. The van der Waals surface area contributed by atoms with Gasteiger partial charge in [0.1, 0.15) is 11.9 Å². The zero-order chi connectivity index (χ0) is 15.3. The van der Waals surface area contributed by atoms with Gasteiger partial charge in [-0.25, -0.2) is 4.79 Å². The smallest absolute Gasteiger partial charge is 0.410 e. The molecule has 0 aromatic heterocycles. The second-order valence-corrected chi connectivity index (χ2v) is 5.39. The molecule has 0 fully saturated rings. The van der Waals surface area contributed by atoms with Gasteiger partial charge in [-0.2, -0.15) is 0 Å². The van der Waals surface area contributed by atoms with E-state index in [-0.39, 0.29) is 24.3 Å². The Bertz CT molecular complexity index is 418. The fraction of sp³-hybridized carbons (Fsp3) is 0.562. The van der Waals surface area contributed by atoms with E-state index in [1.807, 2.05) is 58.9 Å². The highest BCUT2D eigenvalue weighted by atomic mass is 16.6. The van der Waals surface area contributed by atoms with Crippen LogP contribution in [0.5, 0.6) is 5.75 Å². The van der Waals surface area contributed by atoms with Gasteiger partial charge in [-0.1, -0.05) is 12.1 Å². The standard InChI is InChI=1S/C16H25NO3/c1-11(2)17(12(3)4)16(18)20-13(5)14-7-9-15(19-6)10-8-14/h7-13H,1-6H3. The number of carbonyl (C=O) groups is 1. The van der Waals surface area contributed by atoms with Crippen molar-refractivity contribution >= 4 is 6.09 Å². The zero-order valence-corrected chi connectivity index (χ0v) is 13.2. The van der Waals surface area contributed by atoms with Gasteiger partial charge in [-0.3, -0.25) is 0 Å². The Kier molecular flexibility index (Phi) is 5.86. The number of nitrogens with zero attached hydrogens (tertiary/aromatic N) is 1. The summed E-state index contributed by atoms with van der Waals surface area (Å²) in [4.78, 5) is 13.9. The average molecular weight is 279 g/mol. The van der Waals surface area contributed by atoms with Crippen molar-refractivity contribution in [3.05, 3.63) is 29.8 Å². The molecule has 1 amide bonds. The molecule has 1 rings (SSSR count). The lowest BCUT2D eigenvalue weighted by Gasteiger charge is -2.31. The Labute approximate surface area is 121 Å². The van der Waals surface area contributed by atoms with Crippen molar-refractivity contribution in [3.8, 4) is 5.75 Å². The molecule has 0 spiro atoms. The van der Waals surface area contributed by atoms with Gasteiger partial charge < -0.3 is 14.4 Å². The highest BCUT2D eigenvalue weighted by Crippen LogP contribution is 2.22. The first kappa shape index (κ1) is 16.3. The van der Waals surface area contributed by atoms with Gasteiger partial charge in [-0.15, -0.1) is 0 Å². The highest BCUT2D eigenvalue weighted by Gasteiger charge is 2.23. The van der Waals surface area contributed by atoms with Crippen LogP contribution >= 0.6 is 0 Å². The summed E-state index contributed by atoms with van der Waals surface area (Å²) in [6.07, 6.45) is -0.563. The van der Waals surface area contributed by atoms with Gasteiger partial charge in [0.15, 0.2) is 0 Å². The molecule has 4 heteroatoms. The molecule has 4 nitrogen and oxygen atoms in total. The maximum Gasteiger partial charge on any atom is 0.410 e. The molecule has 0 bridgehead atoms. The summed E-state index contributed by atoms with van der Waals surface area (Å²) in [5.41, 5.74) is 0.951. The van der Waals surface area contributed by atoms with Gasteiger partial charge in [0, 0.05) is 12.1 Å². The van der Waals surface area contributed by atoms with E-state index < -0.39 is 0 Å². The van der Waals surface area contributed by atoms with Crippen LogP contribution in [0.25, 0.3) is 0 Å². The number of hydrogen-bond acceptors (Lipinski definition) is 3. The minimum Gasteiger partial charge on any atom is -0.497 e. The van der Waals surface area contributed by atoms with Gasteiger partial charge in [0.2, 0.25) is 0 Å². The van der Waals surface area contributed by atoms with E-state index in [1.165, 1.54) is 0 Å². The molecule has 0 saturated carbocycles. The molecule has 1 unspecified atom stereocenters. The maximum atomic E-state index is 12.2. The summed E-state index contributed by atoms with van der Waals surface area (Å²) in [5, 5.41) is 0. The van der Waals surface area contributed by atoms with Crippen molar-refractivity contribution in [1.29, 1.82) is 0 Å². The number of rotatable bonds is 5. The average Bonchev–Trinajstić information content (AvgIpc) is 2.37. The summed E-state index contributed by atoms with van der Waals surface area (Å²) >= 11 is 0. The normalized spacial score (nSPS) is 12.4. The Morgan fingerprint density at radius 3 is 1.90 bits per heavy atom. The third kappa shape index (κ3) is 4.15. The molecule has 0 saturated heterocycles. The van der Waals surface area contributed by atoms with Crippen LogP contribution in [0.15, 0.2) is 24.3 Å². The van der Waals surface area contributed by atoms with Crippen LogP contribution in [0.3, 0.4) is 0 Å². The molecule has 0 radical (unpaired) electrons. The lowest BCUT2D eigenvalue weighted by Crippen LogP contribution is -2.42. The SMILES string of the molecule is COc1ccc(C(C)OC(=O)N(C(C)C)C(C)C)cc1. The molecule has 1 aromatic rings. The van der Waals surface area contributed by atoms with Crippen molar-refractivity contribution in [3.63, 3.8) is 0 Å². The Hall–Kier alpha value is -1.71. The minimum atomic E-state index is -0.284. The molecule has 1 aromatic carbocycles. The third-order valence-corrected chi connectivity index (χ3v) is 3.19. The Morgan fingerprint density at radius 1 is 1.00 bits per heavy atom. The molecule has 0 aliphatic heterocycles. The number of benzene rings is 1. The van der Waals surface area contributed by atoms with E-state index in [9.17, 15) is 4.79 Å². The van der Waals surface area contributed by atoms with E-state index >= 15 is 0 Å². The number of methoxy groups -OCH3 is 1. The molecule has 112 valence electrons. The van der Waals surface area contributed by atoms with Crippen LogP contribution in [0, 0.1) is 0 Å². The first-order chi connectivity index (χ1) is 9.36. The topological polar surface area (TPSA) is 38.8 Å². The number of amides is 1. The number of carbonyl (C=O) groups excluding carboxylic acids is 1. The van der Waals surface area contributed by atoms with E-state index in [0.29, 0.717) is 0 Å². The van der Waals surface area contributed by atoms with E-state index in [4.69, 9.17) is 9.47 Å². The van der Waals surface area contributed by atoms with Gasteiger partial charge in [-0.05, 0) is 52.3 Å². The maximum absolute atomic E-state index is 12.2. The van der Waals surface area contributed by atoms with Gasteiger partial charge >= 0.3 is 6.09 Å². The van der Waals surface area contributed by atoms with Crippen LogP contribution in [0.2, 0.25) is 0 Å². The van der Waals surface area contributed by atoms with E-state index in [0.717, 1.165) is 11.3 Å². The molecule has 0 aliphatic rings. The van der Waals surface area contributed by atoms with E-state index in [2.05, 4.69) is 0 Å². The van der Waals surface area contributed by atoms with Crippen LogP contribution in [0.1, 0.15) is 46.3 Å². The third-order valence-electron chi connectivity index (χ3n) is 3.19. The summed E-state index contributed by atoms with van der Waals surface area (Å²) < 4.78 is 10.7. The van der Waals surface area contributed by atoms with Crippen molar-refractivity contribution < 1.29 is 14.3 Å². The summed E-state index contributed by atoms with van der Waals surface area (Å²) in [5.74, 6) is 0.790. The lowest BCUT2D eigenvalue weighted by molar-refractivity contribution is 0.0511. The molecule has 20 heavy (non-hydrogen) atoms. The van der Waals surface area contributed by atoms with Crippen molar-refractivity contribution in [2.75, 3.05) is 7.11 Å². The highest BCUT2D eigenvalue weighted by molar-refractivity contribution is 5.68.